The van der Waals surface area contributed by atoms with Gasteiger partial charge in [0.2, 0.25) is 0 Å². The lowest BCUT2D eigenvalue weighted by atomic mass is 10.1. The number of aryl methyl sites for hydroxylation is 1. The number of hydrogen-bond donors (Lipinski definition) is 1. The summed E-state index contributed by atoms with van der Waals surface area (Å²) in [4.78, 5) is 16.7. The van der Waals surface area contributed by atoms with E-state index in [-0.39, 0.29) is 6.03 Å². The number of ether oxygens (including phenoxy) is 1. The molecule has 2 aromatic carbocycles. The van der Waals surface area contributed by atoms with Crippen LogP contribution in [0.5, 0.6) is 5.75 Å². The number of urea groups is 1. The van der Waals surface area contributed by atoms with Crippen LogP contribution in [0.4, 0.5) is 10.5 Å². The Morgan fingerprint density at radius 2 is 1.73 bits per heavy atom. The molecule has 138 valence electrons. The topological polar surface area (TPSA) is 44.8 Å². The van der Waals surface area contributed by atoms with E-state index >= 15 is 0 Å². The molecule has 5 nitrogen and oxygen atoms in total. The van der Waals surface area contributed by atoms with Crippen LogP contribution in [-0.2, 0) is 13.0 Å². The third kappa shape index (κ3) is 4.55. The Labute approximate surface area is 155 Å². The van der Waals surface area contributed by atoms with Gasteiger partial charge in [-0.15, -0.1) is 0 Å². The molecule has 5 heteroatoms. The quantitative estimate of drug-likeness (QED) is 0.893. The van der Waals surface area contributed by atoms with E-state index in [4.69, 9.17) is 4.74 Å². The van der Waals surface area contributed by atoms with Crippen LogP contribution in [0.3, 0.4) is 0 Å². The zero-order valence-electron chi connectivity index (χ0n) is 15.6. The van der Waals surface area contributed by atoms with Gasteiger partial charge in [-0.3, -0.25) is 4.90 Å². The van der Waals surface area contributed by atoms with E-state index < -0.39 is 0 Å². The van der Waals surface area contributed by atoms with Gasteiger partial charge in [-0.05, 0) is 30.2 Å². The summed E-state index contributed by atoms with van der Waals surface area (Å²) in [5, 5.41) is 2.99. The third-order valence-electron chi connectivity index (χ3n) is 4.86. The molecule has 0 atom stereocenters. The summed E-state index contributed by atoms with van der Waals surface area (Å²) >= 11 is 0. The molecule has 2 amide bonds. The fourth-order valence-electron chi connectivity index (χ4n) is 3.21. The molecule has 3 rings (SSSR count). The number of nitrogens with one attached hydrogen (secondary N) is 1. The molecule has 26 heavy (non-hydrogen) atoms. The van der Waals surface area contributed by atoms with Crippen molar-refractivity contribution >= 4 is 11.7 Å². The first-order chi connectivity index (χ1) is 12.7. The van der Waals surface area contributed by atoms with E-state index in [1.807, 2.05) is 35.2 Å². The maximum Gasteiger partial charge on any atom is 0.321 e. The van der Waals surface area contributed by atoms with Crippen molar-refractivity contribution < 1.29 is 9.53 Å². The molecule has 2 aromatic rings. The number of amides is 2. The molecule has 1 aliphatic heterocycles. The fraction of sp³-hybridized carbons (Fsp3) is 0.381. The summed E-state index contributed by atoms with van der Waals surface area (Å²) in [6.07, 6.45) is 1.00. The van der Waals surface area contributed by atoms with Gasteiger partial charge in [0, 0.05) is 44.0 Å². The molecule has 1 N–H and O–H groups in total. The van der Waals surface area contributed by atoms with E-state index in [0.29, 0.717) is 0 Å². The number of nitrogens with zero attached hydrogens (tertiary/aromatic N) is 2. The van der Waals surface area contributed by atoms with Gasteiger partial charge in [-0.2, -0.15) is 0 Å². The van der Waals surface area contributed by atoms with Crippen LogP contribution in [0.25, 0.3) is 0 Å². The van der Waals surface area contributed by atoms with Gasteiger partial charge in [0.1, 0.15) is 5.75 Å². The Morgan fingerprint density at radius 1 is 1.04 bits per heavy atom. The van der Waals surface area contributed by atoms with E-state index in [2.05, 4.69) is 35.3 Å². The molecule has 0 saturated carbocycles. The second kappa shape index (κ2) is 8.72. The largest absolute Gasteiger partial charge is 0.496 e. The highest BCUT2D eigenvalue weighted by molar-refractivity contribution is 5.89. The zero-order chi connectivity index (χ0) is 18.4. The van der Waals surface area contributed by atoms with Crippen LogP contribution >= 0.6 is 0 Å². The van der Waals surface area contributed by atoms with Crippen molar-refractivity contribution in [1.29, 1.82) is 0 Å². The molecule has 0 radical (unpaired) electrons. The van der Waals surface area contributed by atoms with Gasteiger partial charge < -0.3 is 15.0 Å². The molecule has 1 aliphatic rings. The molecule has 0 aromatic heterocycles. The number of anilines is 1. The Bertz CT molecular complexity index is 722. The standard InChI is InChI=1S/C21H27N3O2/c1-3-17-8-10-19(11-9-17)22-21(25)24-14-12-23(13-15-24)16-18-6-4-5-7-20(18)26-2/h4-11H,3,12-16H2,1-2H3,(H,22,25). The van der Waals surface area contributed by atoms with Gasteiger partial charge in [0.15, 0.2) is 0 Å². The van der Waals surface area contributed by atoms with Crippen molar-refractivity contribution in [3.05, 3.63) is 59.7 Å². The van der Waals surface area contributed by atoms with Crippen molar-refractivity contribution in [1.82, 2.24) is 9.80 Å². The van der Waals surface area contributed by atoms with E-state index in [1.165, 1.54) is 11.1 Å². The number of benzene rings is 2. The summed E-state index contributed by atoms with van der Waals surface area (Å²) < 4.78 is 5.43. The predicted octanol–water partition coefficient (Wildman–Crippen LogP) is 3.61. The highest BCUT2D eigenvalue weighted by Gasteiger charge is 2.21. The molecule has 1 heterocycles. The highest BCUT2D eigenvalue weighted by atomic mass is 16.5. The summed E-state index contributed by atoms with van der Waals surface area (Å²) in [6, 6.07) is 16.1. The van der Waals surface area contributed by atoms with Crippen LogP contribution in [-0.4, -0.2) is 49.1 Å². The minimum Gasteiger partial charge on any atom is -0.496 e. The normalized spacial score (nSPS) is 14.9. The highest BCUT2D eigenvalue weighted by Crippen LogP contribution is 2.20. The first kappa shape index (κ1) is 18.3. The van der Waals surface area contributed by atoms with Crippen molar-refractivity contribution in [2.75, 3.05) is 38.6 Å². The number of carbonyl (C=O) groups excluding carboxylic acids is 1. The average molecular weight is 353 g/mol. The molecule has 1 fully saturated rings. The first-order valence-corrected chi connectivity index (χ1v) is 9.18. The van der Waals surface area contributed by atoms with Gasteiger partial charge in [0.05, 0.1) is 7.11 Å². The minimum atomic E-state index is -0.0220. The second-order valence-electron chi connectivity index (χ2n) is 6.56. The second-order valence-corrected chi connectivity index (χ2v) is 6.56. The lowest BCUT2D eigenvalue weighted by Crippen LogP contribution is -2.49. The van der Waals surface area contributed by atoms with Crippen molar-refractivity contribution in [2.24, 2.45) is 0 Å². The van der Waals surface area contributed by atoms with Gasteiger partial charge in [-0.1, -0.05) is 37.3 Å². The molecule has 0 bridgehead atoms. The van der Waals surface area contributed by atoms with Gasteiger partial charge >= 0.3 is 6.03 Å². The van der Waals surface area contributed by atoms with Crippen LogP contribution in [0.15, 0.2) is 48.5 Å². The SMILES string of the molecule is CCc1ccc(NC(=O)N2CCN(Cc3ccccc3OC)CC2)cc1. The monoisotopic (exact) mass is 353 g/mol. The molecular weight excluding hydrogens is 326 g/mol. The van der Waals surface area contributed by atoms with E-state index in [0.717, 1.165) is 50.6 Å². The third-order valence-corrected chi connectivity index (χ3v) is 4.86. The number of methoxy groups -OCH3 is 1. The van der Waals surface area contributed by atoms with Crippen LogP contribution in [0.1, 0.15) is 18.1 Å². The summed E-state index contributed by atoms with van der Waals surface area (Å²) in [6.45, 7) is 6.15. The maximum absolute atomic E-state index is 12.5. The Morgan fingerprint density at radius 3 is 2.38 bits per heavy atom. The van der Waals surface area contributed by atoms with Gasteiger partial charge in [-0.25, -0.2) is 4.79 Å². The molecule has 0 unspecified atom stereocenters. The summed E-state index contributed by atoms with van der Waals surface area (Å²) in [5.74, 6) is 0.920. The fourth-order valence-corrected chi connectivity index (χ4v) is 3.21. The number of piperazine rings is 1. The molecule has 1 saturated heterocycles. The summed E-state index contributed by atoms with van der Waals surface area (Å²) in [7, 11) is 1.70. The lowest BCUT2D eigenvalue weighted by Gasteiger charge is -2.34. The number of para-hydroxylation sites is 1. The van der Waals surface area contributed by atoms with Crippen molar-refractivity contribution in [3.8, 4) is 5.75 Å². The number of rotatable bonds is 5. The first-order valence-electron chi connectivity index (χ1n) is 9.18. The van der Waals surface area contributed by atoms with Gasteiger partial charge in [0.25, 0.3) is 0 Å². The van der Waals surface area contributed by atoms with Crippen molar-refractivity contribution in [3.63, 3.8) is 0 Å². The van der Waals surface area contributed by atoms with Crippen LogP contribution < -0.4 is 10.1 Å². The Hall–Kier alpha value is -2.53. The number of carbonyl (C=O) groups is 1. The number of hydrogen-bond acceptors (Lipinski definition) is 3. The zero-order valence-corrected chi connectivity index (χ0v) is 15.6. The molecule has 0 spiro atoms. The van der Waals surface area contributed by atoms with Crippen LogP contribution in [0.2, 0.25) is 0 Å². The van der Waals surface area contributed by atoms with E-state index in [1.54, 1.807) is 7.11 Å². The Balaban J connectivity index is 1.50. The Kier molecular flexibility index (Phi) is 6.12. The lowest BCUT2D eigenvalue weighted by molar-refractivity contribution is 0.142. The molecule has 0 aliphatic carbocycles. The molecular formula is C21H27N3O2. The predicted molar refractivity (Wildman–Crippen MR) is 105 cm³/mol. The minimum absolute atomic E-state index is 0.0220. The average Bonchev–Trinajstić information content (AvgIpc) is 2.69. The smallest absolute Gasteiger partial charge is 0.321 e. The summed E-state index contributed by atoms with van der Waals surface area (Å²) in [5.41, 5.74) is 3.31. The van der Waals surface area contributed by atoms with E-state index in [9.17, 15) is 4.79 Å². The maximum atomic E-state index is 12.5. The van der Waals surface area contributed by atoms with Crippen LogP contribution in [0, 0.1) is 0 Å². The van der Waals surface area contributed by atoms with Crippen molar-refractivity contribution in [2.45, 2.75) is 19.9 Å².